The number of rotatable bonds is 1. The lowest BCUT2D eigenvalue weighted by Gasteiger charge is -2.26. The smallest absolute Gasteiger partial charge is 0.237 e. The largest absolute Gasteiger partial charge is 0.348 e. The molecule has 0 aliphatic carbocycles. The van der Waals surface area contributed by atoms with Crippen molar-refractivity contribution in [1.82, 2.24) is 5.32 Å². The van der Waals surface area contributed by atoms with Crippen molar-refractivity contribution >= 4 is 5.91 Å². The Morgan fingerprint density at radius 2 is 2.00 bits per heavy atom. The zero-order valence-corrected chi connectivity index (χ0v) is 8.61. The molecule has 1 aliphatic heterocycles. The van der Waals surface area contributed by atoms with Gasteiger partial charge in [-0.2, -0.15) is 5.26 Å². The van der Waals surface area contributed by atoms with Crippen molar-refractivity contribution in [2.24, 2.45) is 5.92 Å². The van der Waals surface area contributed by atoms with Gasteiger partial charge in [0, 0.05) is 0 Å². The summed E-state index contributed by atoms with van der Waals surface area (Å²) in [5.74, 6) is -1.07. The molecule has 3 nitrogen and oxygen atoms in total. The van der Waals surface area contributed by atoms with Crippen molar-refractivity contribution in [1.29, 1.82) is 5.26 Å². The Kier molecular flexibility index (Phi) is 2.86. The first-order chi connectivity index (χ1) is 7.70. The third-order valence-electron chi connectivity index (χ3n) is 2.81. The first kappa shape index (κ1) is 10.6. The van der Waals surface area contributed by atoms with E-state index in [0.717, 1.165) is 12.0 Å². The van der Waals surface area contributed by atoms with Crippen LogP contribution in [-0.4, -0.2) is 5.91 Å². The summed E-state index contributed by atoms with van der Waals surface area (Å²) in [6.07, 6.45) is 1.28. The Morgan fingerprint density at radius 3 is 2.56 bits per heavy atom. The molecule has 0 spiro atoms. The quantitative estimate of drug-likeness (QED) is 0.782. The predicted molar refractivity (Wildman–Crippen MR) is 55.6 cm³/mol. The molecule has 0 bridgehead atoms. The molecule has 0 radical (unpaired) electrons. The summed E-state index contributed by atoms with van der Waals surface area (Å²) in [7, 11) is 0. The van der Waals surface area contributed by atoms with Crippen LogP contribution >= 0.6 is 0 Å². The van der Waals surface area contributed by atoms with Crippen LogP contribution in [0, 0.1) is 23.1 Å². The van der Waals surface area contributed by atoms with Crippen LogP contribution in [0.2, 0.25) is 0 Å². The molecule has 1 aromatic rings. The lowest BCUT2D eigenvalue weighted by molar-refractivity contribution is -0.126. The van der Waals surface area contributed by atoms with Gasteiger partial charge in [-0.15, -0.1) is 0 Å². The van der Waals surface area contributed by atoms with Crippen molar-refractivity contribution in [3.05, 3.63) is 35.6 Å². The molecule has 4 heteroatoms. The van der Waals surface area contributed by atoms with Gasteiger partial charge in [0.1, 0.15) is 11.7 Å². The maximum atomic E-state index is 12.7. The summed E-state index contributed by atoms with van der Waals surface area (Å²) in [6.45, 7) is 0. The van der Waals surface area contributed by atoms with Crippen LogP contribution in [0.4, 0.5) is 4.39 Å². The van der Waals surface area contributed by atoms with E-state index in [1.165, 1.54) is 12.1 Å². The number of piperidine rings is 1. The van der Waals surface area contributed by atoms with Gasteiger partial charge in [0.25, 0.3) is 0 Å². The molecule has 1 saturated heterocycles. The van der Waals surface area contributed by atoms with Crippen LogP contribution in [0.1, 0.15) is 24.4 Å². The normalized spacial score (nSPS) is 24.6. The minimum absolute atomic E-state index is 0.0994. The molecule has 0 aromatic heterocycles. The number of benzene rings is 1. The molecular formula is C12H11FN2O. The second-order valence-electron chi connectivity index (χ2n) is 3.87. The highest BCUT2D eigenvalue weighted by Crippen LogP contribution is 2.26. The lowest BCUT2D eigenvalue weighted by atomic mass is 9.91. The van der Waals surface area contributed by atoms with E-state index in [1.54, 1.807) is 12.1 Å². The minimum Gasteiger partial charge on any atom is -0.348 e. The number of halogens is 1. The van der Waals surface area contributed by atoms with Gasteiger partial charge < -0.3 is 5.32 Å². The van der Waals surface area contributed by atoms with Crippen LogP contribution < -0.4 is 5.32 Å². The van der Waals surface area contributed by atoms with E-state index in [4.69, 9.17) is 5.26 Å². The van der Waals surface area contributed by atoms with Crippen LogP contribution in [0.25, 0.3) is 0 Å². The fraction of sp³-hybridized carbons (Fsp3) is 0.333. The topological polar surface area (TPSA) is 52.9 Å². The van der Waals surface area contributed by atoms with E-state index in [0.29, 0.717) is 6.42 Å². The Labute approximate surface area is 92.9 Å². The number of nitrogens with zero attached hydrogens (tertiary/aromatic N) is 1. The highest BCUT2D eigenvalue weighted by atomic mass is 19.1. The molecular weight excluding hydrogens is 207 g/mol. The van der Waals surface area contributed by atoms with E-state index in [2.05, 4.69) is 5.32 Å². The van der Waals surface area contributed by atoms with E-state index >= 15 is 0 Å². The third kappa shape index (κ3) is 2.03. The average molecular weight is 218 g/mol. The Balaban J connectivity index is 2.11. The number of amides is 1. The van der Waals surface area contributed by atoms with Crippen molar-refractivity contribution in [2.45, 2.75) is 18.9 Å². The zero-order valence-electron chi connectivity index (χ0n) is 8.61. The fourth-order valence-corrected chi connectivity index (χ4v) is 1.88. The van der Waals surface area contributed by atoms with Gasteiger partial charge in [-0.25, -0.2) is 4.39 Å². The van der Waals surface area contributed by atoms with Gasteiger partial charge in [0.15, 0.2) is 0 Å². The molecule has 1 N–H and O–H groups in total. The summed E-state index contributed by atoms with van der Waals surface area (Å²) >= 11 is 0. The molecule has 1 aromatic carbocycles. The number of nitriles is 1. The van der Waals surface area contributed by atoms with Gasteiger partial charge in [-0.1, -0.05) is 12.1 Å². The van der Waals surface area contributed by atoms with Gasteiger partial charge in [-0.3, -0.25) is 4.79 Å². The Bertz CT molecular complexity index is 435. The standard InChI is InChI=1S/C12H11FN2O/c13-10-4-1-8(2-5-10)11-6-3-9(7-14)12(16)15-11/h1-2,4-5,9,11H,3,6H2,(H,15,16). The van der Waals surface area contributed by atoms with Crippen molar-refractivity contribution in [3.63, 3.8) is 0 Å². The fourth-order valence-electron chi connectivity index (χ4n) is 1.88. The molecule has 2 rings (SSSR count). The van der Waals surface area contributed by atoms with Crippen LogP contribution in [0.15, 0.2) is 24.3 Å². The predicted octanol–water partition coefficient (Wildman–Crippen LogP) is 1.92. The van der Waals surface area contributed by atoms with Crippen LogP contribution in [-0.2, 0) is 4.79 Å². The second kappa shape index (κ2) is 4.31. The van der Waals surface area contributed by atoms with E-state index in [1.807, 2.05) is 6.07 Å². The van der Waals surface area contributed by atoms with E-state index < -0.39 is 5.92 Å². The number of hydrogen-bond donors (Lipinski definition) is 1. The monoisotopic (exact) mass is 218 g/mol. The molecule has 16 heavy (non-hydrogen) atoms. The Hall–Kier alpha value is -1.89. The number of hydrogen-bond acceptors (Lipinski definition) is 2. The maximum absolute atomic E-state index is 12.7. The first-order valence-electron chi connectivity index (χ1n) is 5.16. The number of carbonyl (C=O) groups is 1. The van der Waals surface area contributed by atoms with Gasteiger partial charge in [0.2, 0.25) is 5.91 Å². The van der Waals surface area contributed by atoms with E-state index in [9.17, 15) is 9.18 Å². The number of carbonyl (C=O) groups excluding carboxylic acids is 1. The first-order valence-corrected chi connectivity index (χ1v) is 5.16. The molecule has 1 fully saturated rings. The third-order valence-corrected chi connectivity index (χ3v) is 2.81. The summed E-state index contributed by atoms with van der Waals surface area (Å²) in [4.78, 5) is 11.5. The average Bonchev–Trinajstić information content (AvgIpc) is 2.30. The van der Waals surface area contributed by atoms with Gasteiger partial charge in [-0.05, 0) is 30.5 Å². The van der Waals surface area contributed by atoms with Crippen molar-refractivity contribution in [2.75, 3.05) is 0 Å². The van der Waals surface area contributed by atoms with Crippen molar-refractivity contribution < 1.29 is 9.18 Å². The zero-order chi connectivity index (χ0) is 11.5. The molecule has 1 heterocycles. The SMILES string of the molecule is N#CC1CCC(c2ccc(F)cc2)NC1=O. The minimum atomic E-state index is -0.545. The maximum Gasteiger partial charge on any atom is 0.237 e. The van der Waals surface area contributed by atoms with Crippen molar-refractivity contribution in [3.8, 4) is 6.07 Å². The number of nitrogens with one attached hydrogen (secondary N) is 1. The van der Waals surface area contributed by atoms with Crippen LogP contribution in [0.5, 0.6) is 0 Å². The lowest BCUT2D eigenvalue weighted by Crippen LogP contribution is -2.38. The summed E-state index contributed by atoms with van der Waals surface area (Å²) in [5, 5.41) is 11.5. The molecule has 1 aliphatic rings. The molecule has 82 valence electrons. The van der Waals surface area contributed by atoms with Gasteiger partial charge in [0.05, 0.1) is 12.1 Å². The highest BCUT2D eigenvalue weighted by molar-refractivity contribution is 5.82. The summed E-state index contributed by atoms with van der Waals surface area (Å²) in [6, 6.07) is 7.93. The molecule has 2 atom stereocenters. The molecule has 2 unspecified atom stereocenters. The molecule has 1 amide bonds. The molecule has 0 saturated carbocycles. The second-order valence-corrected chi connectivity index (χ2v) is 3.87. The Morgan fingerprint density at radius 1 is 1.31 bits per heavy atom. The van der Waals surface area contributed by atoms with E-state index in [-0.39, 0.29) is 17.8 Å². The highest BCUT2D eigenvalue weighted by Gasteiger charge is 2.28. The van der Waals surface area contributed by atoms with Gasteiger partial charge >= 0.3 is 0 Å². The van der Waals surface area contributed by atoms with Crippen LogP contribution in [0.3, 0.4) is 0 Å². The summed E-state index contributed by atoms with van der Waals surface area (Å²) in [5.41, 5.74) is 0.881. The summed E-state index contributed by atoms with van der Waals surface area (Å²) < 4.78 is 12.7.